The minimum absolute atomic E-state index is 0.0213. The van der Waals surface area contributed by atoms with Crippen LogP contribution >= 0.6 is 0 Å². The Kier molecular flexibility index (Phi) is 5.62. The number of ether oxygens (including phenoxy) is 2. The highest BCUT2D eigenvalue weighted by atomic mass is 16.5. The molecule has 138 valence electrons. The van der Waals surface area contributed by atoms with Gasteiger partial charge in [-0.15, -0.1) is 0 Å². The van der Waals surface area contributed by atoms with Gasteiger partial charge in [-0.1, -0.05) is 35.9 Å². The van der Waals surface area contributed by atoms with Crippen molar-refractivity contribution < 1.29 is 14.3 Å². The van der Waals surface area contributed by atoms with E-state index in [9.17, 15) is 4.79 Å². The average molecular weight is 353 g/mol. The number of para-hydroxylation sites is 1. The zero-order valence-electron chi connectivity index (χ0n) is 15.8. The maximum Gasteiger partial charge on any atom is 0.251 e. The summed E-state index contributed by atoms with van der Waals surface area (Å²) in [7, 11) is 1.69. The largest absolute Gasteiger partial charge is 0.496 e. The molecule has 0 radical (unpaired) electrons. The molecule has 1 saturated heterocycles. The maximum absolute atomic E-state index is 12.8. The number of amides is 1. The normalized spacial score (nSPS) is 16.1. The number of hydrogen-bond donors (Lipinski definition) is 1. The second kappa shape index (κ2) is 7.92. The number of hydrogen-bond acceptors (Lipinski definition) is 3. The summed E-state index contributed by atoms with van der Waals surface area (Å²) in [4.78, 5) is 12.8. The van der Waals surface area contributed by atoms with E-state index in [2.05, 4.69) is 11.4 Å². The van der Waals surface area contributed by atoms with E-state index in [1.165, 1.54) is 0 Å². The first-order valence-electron chi connectivity index (χ1n) is 9.12. The van der Waals surface area contributed by atoms with Crippen molar-refractivity contribution in [2.24, 2.45) is 0 Å². The molecule has 1 amide bonds. The Morgan fingerprint density at radius 1 is 1.15 bits per heavy atom. The van der Waals surface area contributed by atoms with E-state index >= 15 is 0 Å². The summed E-state index contributed by atoms with van der Waals surface area (Å²) in [5.41, 5.74) is 3.80. The fourth-order valence-corrected chi connectivity index (χ4v) is 3.71. The van der Waals surface area contributed by atoms with E-state index in [4.69, 9.17) is 9.47 Å². The van der Waals surface area contributed by atoms with Crippen LogP contribution in [-0.2, 0) is 10.2 Å². The zero-order valence-corrected chi connectivity index (χ0v) is 15.8. The van der Waals surface area contributed by atoms with Crippen LogP contribution in [-0.4, -0.2) is 32.8 Å². The molecule has 0 aliphatic carbocycles. The lowest BCUT2D eigenvalue weighted by atomic mass is 9.73. The molecule has 4 nitrogen and oxygen atoms in total. The summed E-state index contributed by atoms with van der Waals surface area (Å²) >= 11 is 0. The Morgan fingerprint density at radius 3 is 2.62 bits per heavy atom. The molecule has 1 fully saturated rings. The molecule has 1 aliphatic rings. The predicted octanol–water partition coefficient (Wildman–Crippen LogP) is 3.79. The molecule has 1 aliphatic heterocycles. The zero-order chi connectivity index (χ0) is 18.6. The topological polar surface area (TPSA) is 47.6 Å². The molecule has 4 heteroatoms. The molecule has 2 aromatic rings. The summed E-state index contributed by atoms with van der Waals surface area (Å²) < 4.78 is 11.2. The minimum atomic E-state index is -0.168. The number of aryl methyl sites for hydroxylation is 2. The smallest absolute Gasteiger partial charge is 0.251 e. The van der Waals surface area contributed by atoms with Gasteiger partial charge in [-0.2, -0.15) is 0 Å². The average Bonchev–Trinajstić information content (AvgIpc) is 2.68. The van der Waals surface area contributed by atoms with Crippen LogP contribution in [0.25, 0.3) is 0 Å². The fourth-order valence-electron chi connectivity index (χ4n) is 3.71. The van der Waals surface area contributed by atoms with Gasteiger partial charge in [0.2, 0.25) is 0 Å². The van der Waals surface area contributed by atoms with Gasteiger partial charge in [0.15, 0.2) is 0 Å². The SMILES string of the molecule is COc1ccccc1C1(CNC(=O)c2cc(C)ccc2C)CCOCC1. The van der Waals surface area contributed by atoms with Gasteiger partial charge in [0.25, 0.3) is 5.91 Å². The van der Waals surface area contributed by atoms with Gasteiger partial charge in [0.1, 0.15) is 5.75 Å². The molecule has 1 N–H and O–H groups in total. The van der Waals surface area contributed by atoms with E-state index in [0.29, 0.717) is 19.8 Å². The molecule has 0 aromatic heterocycles. The van der Waals surface area contributed by atoms with Crippen molar-refractivity contribution in [2.75, 3.05) is 26.9 Å². The van der Waals surface area contributed by atoms with Crippen LogP contribution in [0.5, 0.6) is 5.75 Å². The monoisotopic (exact) mass is 353 g/mol. The number of nitrogens with one attached hydrogen (secondary N) is 1. The lowest BCUT2D eigenvalue weighted by molar-refractivity contribution is 0.0479. The lowest BCUT2D eigenvalue weighted by Gasteiger charge is -2.38. The van der Waals surface area contributed by atoms with E-state index in [0.717, 1.165) is 40.8 Å². The van der Waals surface area contributed by atoms with Crippen LogP contribution in [0, 0.1) is 13.8 Å². The summed E-state index contributed by atoms with van der Waals surface area (Å²) in [5, 5.41) is 3.18. The second-order valence-corrected chi connectivity index (χ2v) is 7.09. The van der Waals surface area contributed by atoms with E-state index < -0.39 is 0 Å². The van der Waals surface area contributed by atoms with Crippen LogP contribution in [0.15, 0.2) is 42.5 Å². The summed E-state index contributed by atoms with van der Waals surface area (Å²) in [6.45, 7) is 5.93. The molecule has 3 rings (SSSR count). The van der Waals surface area contributed by atoms with Gasteiger partial charge in [-0.3, -0.25) is 4.79 Å². The molecule has 0 spiro atoms. The van der Waals surface area contributed by atoms with Crippen molar-refractivity contribution in [3.05, 3.63) is 64.7 Å². The van der Waals surface area contributed by atoms with E-state index in [1.54, 1.807) is 7.11 Å². The third-order valence-electron chi connectivity index (χ3n) is 5.35. The van der Waals surface area contributed by atoms with Gasteiger partial charge in [0, 0.05) is 36.3 Å². The summed E-state index contributed by atoms with van der Waals surface area (Å²) in [6.07, 6.45) is 1.72. The van der Waals surface area contributed by atoms with Crippen molar-refractivity contribution in [3.8, 4) is 5.75 Å². The lowest BCUT2D eigenvalue weighted by Crippen LogP contribution is -2.45. The molecule has 0 atom stereocenters. The third kappa shape index (κ3) is 3.75. The molecule has 1 heterocycles. The fraction of sp³-hybridized carbons (Fsp3) is 0.409. The van der Waals surface area contributed by atoms with Gasteiger partial charge >= 0.3 is 0 Å². The summed E-state index contributed by atoms with van der Waals surface area (Å²) in [5.74, 6) is 0.849. The van der Waals surface area contributed by atoms with Crippen LogP contribution < -0.4 is 10.1 Å². The Labute approximate surface area is 155 Å². The van der Waals surface area contributed by atoms with Crippen molar-refractivity contribution in [3.63, 3.8) is 0 Å². The number of benzene rings is 2. The molecule has 0 saturated carbocycles. The van der Waals surface area contributed by atoms with Crippen molar-refractivity contribution >= 4 is 5.91 Å². The number of rotatable bonds is 5. The Bertz CT molecular complexity index is 779. The van der Waals surface area contributed by atoms with Crippen LogP contribution in [0.3, 0.4) is 0 Å². The van der Waals surface area contributed by atoms with Crippen molar-refractivity contribution in [1.29, 1.82) is 0 Å². The molecular formula is C22H27NO3. The standard InChI is InChI=1S/C22H27NO3/c1-16-8-9-17(2)18(14-16)21(24)23-15-22(10-12-26-13-11-22)19-6-4-5-7-20(19)25-3/h4-9,14H,10-13,15H2,1-3H3,(H,23,24). The molecule has 0 bridgehead atoms. The van der Waals surface area contributed by atoms with Gasteiger partial charge in [-0.25, -0.2) is 0 Å². The van der Waals surface area contributed by atoms with Crippen molar-refractivity contribution in [2.45, 2.75) is 32.1 Å². The first-order valence-corrected chi connectivity index (χ1v) is 9.12. The number of carbonyl (C=O) groups is 1. The highest BCUT2D eigenvalue weighted by Gasteiger charge is 2.37. The highest BCUT2D eigenvalue weighted by molar-refractivity contribution is 5.95. The quantitative estimate of drug-likeness (QED) is 0.890. The van der Waals surface area contributed by atoms with Gasteiger partial charge < -0.3 is 14.8 Å². The Balaban J connectivity index is 1.85. The predicted molar refractivity (Wildman–Crippen MR) is 103 cm³/mol. The molecule has 2 aromatic carbocycles. The Hall–Kier alpha value is -2.33. The molecule has 0 unspecified atom stereocenters. The minimum Gasteiger partial charge on any atom is -0.496 e. The first-order chi connectivity index (χ1) is 12.6. The second-order valence-electron chi connectivity index (χ2n) is 7.09. The van der Waals surface area contributed by atoms with Gasteiger partial charge in [0.05, 0.1) is 7.11 Å². The van der Waals surface area contributed by atoms with E-state index in [-0.39, 0.29) is 11.3 Å². The van der Waals surface area contributed by atoms with E-state index in [1.807, 2.05) is 50.2 Å². The maximum atomic E-state index is 12.8. The highest BCUT2D eigenvalue weighted by Crippen LogP contribution is 2.39. The summed E-state index contributed by atoms with van der Waals surface area (Å²) in [6, 6.07) is 14.1. The van der Waals surface area contributed by atoms with Crippen molar-refractivity contribution in [1.82, 2.24) is 5.32 Å². The molecular weight excluding hydrogens is 326 g/mol. The van der Waals surface area contributed by atoms with Crippen LogP contribution in [0.2, 0.25) is 0 Å². The molecule has 26 heavy (non-hydrogen) atoms. The number of carbonyl (C=O) groups excluding carboxylic acids is 1. The first kappa shape index (κ1) is 18.5. The third-order valence-corrected chi connectivity index (χ3v) is 5.35. The van der Waals surface area contributed by atoms with Gasteiger partial charge in [-0.05, 0) is 44.4 Å². The number of methoxy groups -OCH3 is 1. The van der Waals surface area contributed by atoms with Crippen LogP contribution in [0.4, 0.5) is 0 Å². The van der Waals surface area contributed by atoms with Crippen LogP contribution in [0.1, 0.15) is 39.9 Å². The Morgan fingerprint density at radius 2 is 1.88 bits per heavy atom.